The average molecular weight is 391 g/mol. The van der Waals surface area contributed by atoms with Gasteiger partial charge in [0.25, 0.3) is 5.91 Å². The molecule has 0 aromatic carbocycles. The molecule has 0 saturated carbocycles. The van der Waals surface area contributed by atoms with Gasteiger partial charge in [-0.2, -0.15) is 9.40 Å². The Morgan fingerprint density at radius 1 is 1.15 bits per heavy atom. The fourth-order valence-corrected chi connectivity index (χ4v) is 5.39. The quantitative estimate of drug-likeness (QED) is 0.830. The van der Waals surface area contributed by atoms with Crippen LogP contribution in [0.1, 0.15) is 53.5 Å². The summed E-state index contributed by atoms with van der Waals surface area (Å²) in [6.07, 6.45) is 4.92. The highest BCUT2D eigenvalue weighted by Gasteiger charge is 2.32. The second kappa shape index (κ2) is 7.12. The van der Waals surface area contributed by atoms with Crippen molar-refractivity contribution >= 4 is 15.9 Å². The van der Waals surface area contributed by atoms with Gasteiger partial charge in [0, 0.05) is 44.0 Å². The highest BCUT2D eigenvalue weighted by Crippen LogP contribution is 2.30. The van der Waals surface area contributed by atoms with E-state index >= 15 is 0 Å². The zero-order chi connectivity index (χ0) is 19.0. The second-order valence-corrected chi connectivity index (χ2v) is 9.34. The Labute approximate surface area is 159 Å². The number of aromatic amines is 2. The number of likely N-dealkylation sites (tertiary alicyclic amines) is 1. The van der Waals surface area contributed by atoms with E-state index in [4.69, 9.17) is 0 Å². The van der Waals surface area contributed by atoms with Gasteiger partial charge >= 0.3 is 0 Å². The zero-order valence-corrected chi connectivity index (χ0v) is 16.3. The van der Waals surface area contributed by atoms with Crippen LogP contribution in [-0.4, -0.2) is 64.9 Å². The van der Waals surface area contributed by atoms with E-state index in [1.165, 1.54) is 16.6 Å². The number of nitrogens with zero attached hydrogens (tertiary/aromatic N) is 3. The summed E-state index contributed by atoms with van der Waals surface area (Å²) in [6.45, 7) is 4.35. The van der Waals surface area contributed by atoms with E-state index in [0.29, 0.717) is 18.8 Å². The number of H-pyrrole nitrogens is 2. The molecule has 2 fully saturated rings. The zero-order valence-electron chi connectivity index (χ0n) is 15.4. The number of amides is 1. The number of aromatic nitrogens is 3. The lowest BCUT2D eigenvalue weighted by Gasteiger charge is -2.30. The summed E-state index contributed by atoms with van der Waals surface area (Å²) in [7, 11) is -3.60. The lowest BCUT2D eigenvalue weighted by molar-refractivity contribution is 0.0787. The molecule has 2 N–H and O–H groups in total. The highest BCUT2D eigenvalue weighted by atomic mass is 32.2. The van der Waals surface area contributed by atoms with Crippen LogP contribution in [0.3, 0.4) is 0 Å². The maximum Gasteiger partial charge on any atom is 0.270 e. The maximum atomic E-state index is 13.0. The molecule has 27 heavy (non-hydrogen) atoms. The molecule has 2 aliphatic rings. The topological polar surface area (TPSA) is 102 Å². The normalized spacial score (nSPS) is 19.7. The van der Waals surface area contributed by atoms with Crippen molar-refractivity contribution in [2.45, 2.75) is 43.4 Å². The molecule has 4 rings (SSSR count). The molecular weight excluding hydrogens is 366 g/mol. The summed E-state index contributed by atoms with van der Waals surface area (Å²) in [5, 5.41) is 7.25. The van der Waals surface area contributed by atoms with Gasteiger partial charge in [-0.3, -0.25) is 9.89 Å². The number of aryl methyl sites for hydroxylation is 1. The number of sulfonamides is 1. The van der Waals surface area contributed by atoms with Gasteiger partial charge in [0.05, 0.1) is 5.69 Å². The van der Waals surface area contributed by atoms with Crippen LogP contribution in [0, 0.1) is 6.92 Å². The largest absolute Gasteiger partial charge is 0.356 e. The predicted octanol–water partition coefficient (Wildman–Crippen LogP) is 1.85. The van der Waals surface area contributed by atoms with Gasteiger partial charge in [-0.1, -0.05) is 0 Å². The van der Waals surface area contributed by atoms with Crippen LogP contribution in [0.15, 0.2) is 23.2 Å². The van der Waals surface area contributed by atoms with Gasteiger partial charge in [0.2, 0.25) is 10.0 Å². The Hall–Kier alpha value is -2.13. The van der Waals surface area contributed by atoms with Crippen molar-refractivity contribution in [2.24, 2.45) is 0 Å². The monoisotopic (exact) mass is 391 g/mol. The molecule has 0 radical (unpaired) electrons. The Bertz CT molecular complexity index is 918. The molecule has 0 spiro atoms. The van der Waals surface area contributed by atoms with Gasteiger partial charge in [-0.15, -0.1) is 0 Å². The summed E-state index contributed by atoms with van der Waals surface area (Å²) < 4.78 is 27.4. The molecule has 146 valence electrons. The molecule has 2 saturated heterocycles. The number of piperidine rings is 1. The number of hydrogen-bond acceptors (Lipinski definition) is 4. The van der Waals surface area contributed by atoms with Crippen LogP contribution in [0.5, 0.6) is 0 Å². The van der Waals surface area contributed by atoms with Crippen LogP contribution >= 0.6 is 0 Å². The third kappa shape index (κ3) is 3.53. The number of hydrogen-bond donors (Lipinski definition) is 2. The van der Waals surface area contributed by atoms with Crippen molar-refractivity contribution in [2.75, 3.05) is 26.2 Å². The van der Waals surface area contributed by atoms with Gasteiger partial charge in [0.15, 0.2) is 0 Å². The number of nitrogens with one attached hydrogen (secondary N) is 2. The van der Waals surface area contributed by atoms with Crippen LogP contribution < -0.4 is 0 Å². The molecule has 2 aliphatic heterocycles. The van der Waals surface area contributed by atoms with E-state index in [1.807, 2.05) is 13.0 Å². The third-order valence-corrected chi connectivity index (χ3v) is 7.39. The van der Waals surface area contributed by atoms with E-state index in [0.717, 1.165) is 50.2 Å². The minimum Gasteiger partial charge on any atom is -0.356 e. The summed E-state index contributed by atoms with van der Waals surface area (Å²) in [5.74, 6) is 0.154. The minimum atomic E-state index is -3.60. The summed E-state index contributed by atoms with van der Waals surface area (Å²) in [4.78, 5) is 17.2. The van der Waals surface area contributed by atoms with Crippen LogP contribution in [0.25, 0.3) is 0 Å². The van der Waals surface area contributed by atoms with E-state index in [9.17, 15) is 13.2 Å². The molecule has 0 aliphatic carbocycles. The molecule has 0 bridgehead atoms. The molecule has 4 heterocycles. The Morgan fingerprint density at radius 3 is 2.48 bits per heavy atom. The van der Waals surface area contributed by atoms with Crippen molar-refractivity contribution in [1.82, 2.24) is 24.4 Å². The van der Waals surface area contributed by atoms with E-state index < -0.39 is 10.0 Å². The third-order valence-electron chi connectivity index (χ3n) is 5.52. The molecule has 2 aromatic heterocycles. The molecule has 1 amide bonds. The standard InChI is InChI=1S/C18H25N5O3S/c1-13-10-16(21-20-13)14-4-8-23(9-5-14)27(25,26)15-11-17(19-12-15)18(24)22-6-2-3-7-22/h10-12,14,19H,2-9H2,1H3,(H,20,21). The molecule has 0 atom stereocenters. The first-order chi connectivity index (χ1) is 12.9. The first kappa shape index (κ1) is 18.2. The first-order valence-corrected chi connectivity index (χ1v) is 10.9. The Morgan fingerprint density at radius 2 is 1.85 bits per heavy atom. The molecule has 0 unspecified atom stereocenters. The molecule has 2 aromatic rings. The molecular formula is C18H25N5O3S. The van der Waals surface area contributed by atoms with Crippen molar-refractivity contribution in [3.05, 3.63) is 35.4 Å². The predicted molar refractivity (Wildman–Crippen MR) is 100.0 cm³/mol. The fraction of sp³-hybridized carbons (Fsp3) is 0.556. The maximum absolute atomic E-state index is 13.0. The Kier molecular flexibility index (Phi) is 4.81. The lowest BCUT2D eigenvalue weighted by Crippen LogP contribution is -2.37. The van der Waals surface area contributed by atoms with Crippen molar-refractivity contribution < 1.29 is 13.2 Å². The van der Waals surface area contributed by atoms with E-state index in [-0.39, 0.29) is 16.7 Å². The highest BCUT2D eigenvalue weighted by molar-refractivity contribution is 7.89. The van der Waals surface area contributed by atoms with Gasteiger partial charge in [-0.05, 0) is 44.7 Å². The summed E-state index contributed by atoms with van der Waals surface area (Å²) >= 11 is 0. The molecule has 8 nitrogen and oxygen atoms in total. The molecule has 9 heteroatoms. The minimum absolute atomic E-state index is 0.124. The Balaban J connectivity index is 1.44. The fourth-order valence-electron chi connectivity index (χ4n) is 3.93. The van der Waals surface area contributed by atoms with Crippen LogP contribution in [0.4, 0.5) is 0 Å². The first-order valence-electron chi connectivity index (χ1n) is 9.45. The summed E-state index contributed by atoms with van der Waals surface area (Å²) in [6, 6.07) is 3.50. The van der Waals surface area contributed by atoms with Gasteiger partial charge < -0.3 is 9.88 Å². The van der Waals surface area contributed by atoms with Crippen LogP contribution in [-0.2, 0) is 10.0 Å². The SMILES string of the molecule is Cc1cc(C2CCN(S(=O)(=O)c3c[nH]c(C(=O)N4CCCC4)c3)CC2)n[nH]1. The van der Waals surface area contributed by atoms with Crippen molar-refractivity contribution in [3.8, 4) is 0 Å². The van der Waals surface area contributed by atoms with Gasteiger partial charge in [-0.25, -0.2) is 8.42 Å². The number of carbonyl (C=O) groups is 1. The lowest BCUT2D eigenvalue weighted by atomic mass is 9.95. The van der Waals surface area contributed by atoms with E-state index in [1.54, 1.807) is 4.90 Å². The smallest absolute Gasteiger partial charge is 0.270 e. The van der Waals surface area contributed by atoms with Crippen LogP contribution in [0.2, 0.25) is 0 Å². The average Bonchev–Trinajstić information content (AvgIpc) is 3.42. The summed E-state index contributed by atoms with van der Waals surface area (Å²) in [5.41, 5.74) is 2.37. The van der Waals surface area contributed by atoms with Crippen molar-refractivity contribution in [3.63, 3.8) is 0 Å². The number of carbonyl (C=O) groups excluding carboxylic acids is 1. The van der Waals surface area contributed by atoms with Gasteiger partial charge in [0.1, 0.15) is 10.6 Å². The second-order valence-electron chi connectivity index (χ2n) is 7.40. The number of rotatable bonds is 4. The van der Waals surface area contributed by atoms with E-state index in [2.05, 4.69) is 15.2 Å². The van der Waals surface area contributed by atoms with Crippen molar-refractivity contribution in [1.29, 1.82) is 0 Å².